The number of aromatic amines is 1. The molecular weight excluding hydrogens is 247 g/mol. The average Bonchev–Trinajstić information content (AvgIpc) is 2.77. The van der Waals surface area contributed by atoms with Crippen LogP contribution >= 0.6 is 0 Å². The molecule has 2 N–H and O–H groups in total. The van der Waals surface area contributed by atoms with E-state index in [1.54, 1.807) is 26.1 Å². The maximum atomic E-state index is 13.1. The van der Waals surface area contributed by atoms with Crippen molar-refractivity contribution in [2.24, 2.45) is 0 Å². The van der Waals surface area contributed by atoms with Crippen molar-refractivity contribution in [3.05, 3.63) is 35.8 Å². The first-order valence-corrected chi connectivity index (χ1v) is 6.19. The first-order valence-electron chi connectivity index (χ1n) is 6.19. The zero-order valence-electron chi connectivity index (χ0n) is 11.0. The van der Waals surface area contributed by atoms with Gasteiger partial charge in [-0.05, 0) is 37.6 Å². The van der Waals surface area contributed by atoms with Crippen LogP contribution in [0.4, 0.5) is 4.39 Å². The number of aliphatic hydroxyl groups excluding tert-OH is 1. The van der Waals surface area contributed by atoms with Crippen LogP contribution in [0, 0.1) is 5.82 Å². The molecule has 0 bridgehead atoms. The van der Waals surface area contributed by atoms with Crippen molar-refractivity contribution in [3.63, 3.8) is 0 Å². The number of nitrogens with one attached hydrogen (secondary N) is 1. The molecule has 5 heteroatoms. The van der Waals surface area contributed by atoms with Gasteiger partial charge in [-0.25, -0.2) is 4.39 Å². The van der Waals surface area contributed by atoms with Gasteiger partial charge in [0.25, 0.3) is 5.91 Å². The van der Waals surface area contributed by atoms with Crippen molar-refractivity contribution in [2.75, 3.05) is 13.6 Å². The monoisotopic (exact) mass is 264 g/mol. The number of hydrogen-bond acceptors (Lipinski definition) is 2. The van der Waals surface area contributed by atoms with E-state index >= 15 is 0 Å². The summed E-state index contributed by atoms with van der Waals surface area (Å²) in [6, 6.07) is 5.99. The second-order valence-corrected chi connectivity index (χ2v) is 4.78. The fourth-order valence-corrected chi connectivity index (χ4v) is 1.91. The van der Waals surface area contributed by atoms with E-state index in [9.17, 15) is 14.3 Å². The summed E-state index contributed by atoms with van der Waals surface area (Å²) >= 11 is 0. The number of carbonyl (C=O) groups excluding carboxylic acids is 1. The van der Waals surface area contributed by atoms with Gasteiger partial charge in [0.15, 0.2) is 0 Å². The van der Waals surface area contributed by atoms with Crippen LogP contribution in [0.5, 0.6) is 0 Å². The fourth-order valence-electron chi connectivity index (χ4n) is 1.91. The second-order valence-electron chi connectivity index (χ2n) is 4.78. The standard InChI is InChI=1S/C14H17FN2O2/c1-9(18)5-6-17(2)14(19)13-8-10-7-11(15)3-4-12(10)16-13/h3-4,7-9,16,18H,5-6H2,1-2H3. The largest absolute Gasteiger partial charge is 0.393 e. The molecule has 1 aromatic carbocycles. The van der Waals surface area contributed by atoms with Crippen LogP contribution in [0.25, 0.3) is 10.9 Å². The Morgan fingerprint density at radius 2 is 2.21 bits per heavy atom. The smallest absolute Gasteiger partial charge is 0.270 e. The van der Waals surface area contributed by atoms with E-state index in [2.05, 4.69) is 4.98 Å². The Hall–Kier alpha value is -1.88. The summed E-state index contributed by atoms with van der Waals surface area (Å²) < 4.78 is 13.1. The van der Waals surface area contributed by atoms with Crippen molar-refractivity contribution in [3.8, 4) is 0 Å². The van der Waals surface area contributed by atoms with Gasteiger partial charge in [0.2, 0.25) is 0 Å². The van der Waals surface area contributed by atoms with E-state index < -0.39 is 6.10 Å². The number of nitrogens with zero attached hydrogens (tertiary/aromatic N) is 1. The van der Waals surface area contributed by atoms with Crippen molar-refractivity contribution < 1.29 is 14.3 Å². The highest BCUT2D eigenvalue weighted by Gasteiger charge is 2.14. The van der Waals surface area contributed by atoms with Gasteiger partial charge in [-0.2, -0.15) is 0 Å². The van der Waals surface area contributed by atoms with Gasteiger partial charge >= 0.3 is 0 Å². The molecule has 4 nitrogen and oxygen atoms in total. The van der Waals surface area contributed by atoms with Crippen LogP contribution in [0.15, 0.2) is 24.3 Å². The zero-order chi connectivity index (χ0) is 14.0. The van der Waals surface area contributed by atoms with Gasteiger partial charge in [-0.1, -0.05) is 0 Å². The molecule has 2 rings (SSSR count). The Bertz CT molecular complexity index is 592. The predicted octanol–water partition coefficient (Wildman–Crippen LogP) is 2.15. The molecule has 0 aliphatic carbocycles. The van der Waals surface area contributed by atoms with E-state index in [1.165, 1.54) is 17.0 Å². The van der Waals surface area contributed by atoms with E-state index in [0.29, 0.717) is 24.0 Å². The van der Waals surface area contributed by atoms with E-state index in [0.717, 1.165) is 5.52 Å². The van der Waals surface area contributed by atoms with Crippen molar-refractivity contribution in [2.45, 2.75) is 19.4 Å². The van der Waals surface area contributed by atoms with Crippen LogP contribution in [-0.2, 0) is 0 Å². The van der Waals surface area contributed by atoms with Gasteiger partial charge in [-0.15, -0.1) is 0 Å². The number of benzene rings is 1. The van der Waals surface area contributed by atoms with E-state index in [4.69, 9.17) is 0 Å². The molecular formula is C14H17FN2O2. The summed E-state index contributed by atoms with van der Waals surface area (Å²) in [5.74, 6) is -0.495. The number of halogens is 1. The third-order valence-electron chi connectivity index (χ3n) is 3.04. The lowest BCUT2D eigenvalue weighted by Crippen LogP contribution is -2.29. The van der Waals surface area contributed by atoms with Gasteiger partial charge in [0.1, 0.15) is 11.5 Å². The number of carbonyl (C=O) groups is 1. The molecule has 19 heavy (non-hydrogen) atoms. The molecule has 1 atom stereocenters. The summed E-state index contributed by atoms with van der Waals surface area (Å²) in [5.41, 5.74) is 1.15. The van der Waals surface area contributed by atoms with Crippen molar-refractivity contribution in [1.82, 2.24) is 9.88 Å². The van der Waals surface area contributed by atoms with Crippen LogP contribution in [0.1, 0.15) is 23.8 Å². The van der Waals surface area contributed by atoms with E-state index in [1.807, 2.05) is 0 Å². The number of amides is 1. The summed E-state index contributed by atoms with van der Waals surface area (Å²) in [6.45, 7) is 2.16. The molecule has 1 heterocycles. The number of aliphatic hydroxyl groups is 1. The number of rotatable bonds is 4. The van der Waals surface area contributed by atoms with Gasteiger partial charge in [0, 0.05) is 24.5 Å². The summed E-state index contributed by atoms with van der Waals surface area (Å²) in [4.78, 5) is 16.6. The van der Waals surface area contributed by atoms with Crippen LogP contribution < -0.4 is 0 Å². The highest BCUT2D eigenvalue weighted by Crippen LogP contribution is 2.17. The maximum absolute atomic E-state index is 13.1. The predicted molar refractivity (Wildman–Crippen MR) is 71.5 cm³/mol. The first-order chi connectivity index (χ1) is 8.97. The molecule has 102 valence electrons. The van der Waals surface area contributed by atoms with Crippen LogP contribution in [-0.4, -0.2) is 40.6 Å². The fraction of sp³-hybridized carbons (Fsp3) is 0.357. The van der Waals surface area contributed by atoms with Crippen LogP contribution in [0.3, 0.4) is 0 Å². The Morgan fingerprint density at radius 1 is 1.47 bits per heavy atom. The van der Waals surface area contributed by atoms with Crippen LogP contribution in [0.2, 0.25) is 0 Å². The Kier molecular flexibility index (Phi) is 3.85. The minimum absolute atomic E-state index is 0.169. The lowest BCUT2D eigenvalue weighted by Gasteiger charge is -2.17. The first kappa shape index (κ1) is 13.5. The Labute approximate surface area is 110 Å². The minimum atomic E-state index is -0.438. The maximum Gasteiger partial charge on any atom is 0.270 e. The molecule has 0 saturated heterocycles. The third-order valence-corrected chi connectivity index (χ3v) is 3.04. The molecule has 0 radical (unpaired) electrons. The molecule has 0 aliphatic rings. The molecule has 1 unspecified atom stereocenters. The molecule has 2 aromatic rings. The molecule has 1 amide bonds. The summed E-state index contributed by atoms with van der Waals surface area (Å²) in [5, 5.41) is 9.88. The molecule has 0 saturated carbocycles. The number of hydrogen-bond donors (Lipinski definition) is 2. The van der Waals surface area contributed by atoms with Crippen molar-refractivity contribution >= 4 is 16.8 Å². The molecule has 1 aromatic heterocycles. The number of H-pyrrole nitrogens is 1. The van der Waals surface area contributed by atoms with E-state index in [-0.39, 0.29) is 11.7 Å². The topological polar surface area (TPSA) is 56.3 Å². The highest BCUT2D eigenvalue weighted by atomic mass is 19.1. The Morgan fingerprint density at radius 3 is 2.89 bits per heavy atom. The third kappa shape index (κ3) is 3.12. The van der Waals surface area contributed by atoms with Gasteiger partial charge < -0.3 is 15.0 Å². The molecule has 0 fully saturated rings. The second kappa shape index (κ2) is 5.40. The molecule has 0 spiro atoms. The Balaban J connectivity index is 2.16. The minimum Gasteiger partial charge on any atom is -0.393 e. The summed E-state index contributed by atoms with van der Waals surface area (Å²) in [6.07, 6.45) is 0.0870. The normalized spacial score (nSPS) is 12.6. The average molecular weight is 264 g/mol. The summed E-state index contributed by atoms with van der Waals surface area (Å²) in [7, 11) is 1.68. The lowest BCUT2D eigenvalue weighted by molar-refractivity contribution is 0.0764. The number of fused-ring (bicyclic) bond motifs is 1. The SMILES string of the molecule is CC(O)CCN(C)C(=O)c1cc2cc(F)ccc2[nH]1. The quantitative estimate of drug-likeness (QED) is 0.889. The molecule has 0 aliphatic heterocycles. The van der Waals surface area contributed by atoms with Gasteiger partial charge in [0.05, 0.1) is 6.10 Å². The zero-order valence-corrected chi connectivity index (χ0v) is 11.0. The highest BCUT2D eigenvalue weighted by molar-refractivity contribution is 5.97. The lowest BCUT2D eigenvalue weighted by atomic mass is 10.2. The van der Waals surface area contributed by atoms with Crippen molar-refractivity contribution in [1.29, 1.82) is 0 Å². The van der Waals surface area contributed by atoms with Gasteiger partial charge in [-0.3, -0.25) is 4.79 Å². The number of aromatic nitrogens is 1.